The van der Waals surface area contributed by atoms with E-state index in [1.165, 1.54) is 0 Å². The summed E-state index contributed by atoms with van der Waals surface area (Å²) in [6.45, 7) is 6.66. The second-order valence-corrected chi connectivity index (χ2v) is 6.95. The van der Waals surface area contributed by atoms with Crippen LogP contribution in [0.15, 0.2) is 15.0 Å². The van der Waals surface area contributed by atoms with Gasteiger partial charge in [-0.05, 0) is 32.6 Å². The van der Waals surface area contributed by atoms with Crippen molar-refractivity contribution in [3.63, 3.8) is 0 Å². The highest BCUT2D eigenvalue weighted by molar-refractivity contribution is 5.78. The summed E-state index contributed by atoms with van der Waals surface area (Å²) in [6, 6.07) is 2.25. The van der Waals surface area contributed by atoms with Crippen molar-refractivity contribution in [3.05, 3.63) is 23.4 Å². The summed E-state index contributed by atoms with van der Waals surface area (Å²) < 4.78 is 16.6. The number of ether oxygens (including phenoxy) is 1. The number of anilines is 1. The predicted octanol–water partition coefficient (Wildman–Crippen LogP) is 2.37. The first-order valence-corrected chi connectivity index (χ1v) is 9.43. The maximum absolute atomic E-state index is 12.6. The number of nitrogens with zero attached hydrogens (tertiary/aromatic N) is 3. The van der Waals surface area contributed by atoms with E-state index in [9.17, 15) is 4.79 Å². The Morgan fingerprint density at radius 3 is 2.85 bits per heavy atom. The van der Waals surface area contributed by atoms with Crippen LogP contribution in [0.3, 0.4) is 0 Å². The van der Waals surface area contributed by atoms with Gasteiger partial charge in [-0.15, -0.1) is 5.10 Å². The molecule has 2 aromatic rings. The van der Waals surface area contributed by atoms with E-state index in [0.29, 0.717) is 37.2 Å². The summed E-state index contributed by atoms with van der Waals surface area (Å²) in [5.41, 5.74) is 0.801. The van der Waals surface area contributed by atoms with Crippen LogP contribution in [0, 0.1) is 19.8 Å². The number of aryl methyl sites for hydroxylation is 2. The van der Waals surface area contributed by atoms with E-state index in [1.54, 1.807) is 6.92 Å². The molecule has 2 heterocycles. The molecule has 0 aromatic carbocycles. The fourth-order valence-electron chi connectivity index (χ4n) is 3.32. The Balaban J connectivity index is 1.56. The minimum absolute atomic E-state index is 0.0150. The van der Waals surface area contributed by atoms with Gasteiger partial charge in [-0.1, -0.05) is 17.2 Å². The van der Waals surface area contributed by atoms with Gasteiger partial charge in [0.1, 0.15) is 0 Å². The summed E-state index contributed by atoms with van der Waals surface area (Å²) in [6.07, 6.45) is 3.03. The van der Waals surface area contributed by atoms with Crippen molar-refractivity contribution in [2.75, 3.05) is 11.9 Å². The Kier molecular flexibility index (Phi) is 6.44. The van der Waals surface area contributed by atoms with Crippen molar-refractivity contribution >= 4 is 11.9 Å². The van der Waals surface area contributed by atoms with Crippen LogP contribution < -0.4 is 10.6 Å². The van der Waals surface area contributed by atoms with Crippen LogP contribution in [0.1, 0.15) is 50.0 Å². The highest BCUT2D eigenvalue weighted by atomic mass is 16.5. The highest BCUT2D eigenvalue weighted by Crippen LogP contribution is 2.29. The quantitative estimate of drug-likeness (QED) is 0.720. The summed E-state index contributed by atoms with van der Waals surface area (Å²) in [5, 5.41) is 17.9. The van der Waals surface area contributed by atoms with Gasteiger partial charge < -0.3 is 24.3 Å². The lowest BCUT2D eigenvalue weighted by atomic mass is 9.83. The molecule has 2 aromatic heterocycles. The van der Waals surface area contributed by atoms with Crippen LogP contribution in [-0.4, -0.2) is 40.0 Å². The molecule has 0 unspecified atom stereocenters. The molecule has 9 nitrogen and oxygen atoms in total. The van der Waals surface area contributed by atoms with Gasteiger partial charge >= 0.3 is 6.01 Å². The van der Waals surface area contributed by atoms with E-state index >= 15 is 0 Å². The molecule has 1 fully saturated rings. The molecule has 1 aliphatic carbocycles. The molecule has 1 saturated carbocycles. The van der Waals surface area contributed by atoms with Crippen LogP contribution >= 0.6 is 0 Å². The monoisotopic (exact) mass is 377 g/mol. The Bertz CT molecular complexity index is 744. The molecular formula is C18H27N5O4. The molecule has 0 bridgehead atoms. The zero-order valence-electron chi connectivity index (χ0n) is 16.0. The molecule has 1 amide bonds. The molecule has 9 heteroatoms. The number of aromatic nitrogens is 3. The van der Waals surface area contributed by atoms with Crippen LogP contribution in [0.2, 0.25) is 0 Å². The molecule has 3 atom stereocenters. The zero-order valence-corrected chi connectivity index (χ0v) is 16.0. The van der Waals surface area contributed by atoms with E-state index in [4.69, 9.17) is 13.7 Å². The molecule has 0 radical (unpaired) electrons. The van der Waals surface area contributed by atoms with Crippen LogP contribution in [0.5, 0.6) is 0 Å². The van der Waals surface area contributed by atoms with Gasteiger partial charge in [0.25, 0.3) is 0 Å². The Hall–Kier alpha value is -2.42. The number of amides is 1. The van der Waals surface area contributed by atoms with Crippen LogP contribution in [-0.2, 0) is 16.1 Å². The highest BCUT2D eigenvalue weighted by Gasteiger charge is 2.35. The summed E-state index contributed by atoms with van der Waals surface area (Å²) in [4.78, 5) is 12.6. The summed E-state index contributed by atoms with van der Waals surface area (Å²) >= 11 is 0. The Morgan fingerprint density at radius 2 is 2.19 bits per heavy atom. The Morgan fingerprint density at radius 1 is 1.33 bits per heavy atom. The van der Waals surface area contributed by atoms with Crippen molar-refractivity contribution in [3.8, 4) is 0 Å². The molecule has 0 spiro atoms. The number of nitrogens with one attached hydrogen (secondary N) is 2. The fourth-order valence-corrected chi connectivity index (χ4v) is 3.32. The normalized spacial score (nSPS) is 22.6. The number of hydrogen-bond donors (Lipinski definition) is 2. The molecule has 148 valence electrons. The standard InChI is InChI=1S/C18H27N5O4/c1-4-7-25-16-9-13(17(24)19-10-14-8-11(2)23-27-14)5-6-15(16)20-18-22-21-12(3)26-18/h8,13,15-16H,4-7,9-10H2,1-3H3,(H,19,24)(H,20,22)/t13-,15-,16-/m0/s1. The van der Waals surface area contributed by atoms with Gasteiger partial charge in [-0.2, -0.15) is 0 Å². The lowest BCUT2D eigenvalue weighted by Crippen LogP contribution is -2.45. The molecule has 27 heavy (non-hydrogen) atoms. The van der Waals surface area contributed by atoms with Gasteiger partial charge in [0.2, 0.25) is 11.8 Å². The fraction of sp³-hybridized carbons (Fsp3) is 0.667. The molecular weight excluding hydrogens is 350 g/mol. The third kappa shape index (κ3) is 5.29. The lowest BCUT2D eigenvalue weighted by Gasteiger charge is -2.35. The second kappa shape index (κ2) is 8.98. The maximum Gasteiger partial charge on any atom is 0.315 e. The van der Waals surface area contributed by atoms with E-state index in [0.717, 1.165) is 25.0 Å². The maximum atomic E-state index is 12.6. The summed E-state index contributed by atoms with van der Waals surface area (Å²) in [7, 11) is 0. The van der Waals surface area contributed by atoms with Crippen molar-refractivity contribution in [1.29, 1.82) is 0 Å². The minimum atomic E-state index is -0.0988. The van der Waals surface area contributed by atoms with Crippen molar-refractivity contribution in [1.82, 2.24) is 20.7 Å². The smallest absolute Gasteiger partial charge is 0.315 e. The van der Waals surface area contributed by atoms with Gasteiger partial charge in [0, 0.05) is 25.5 Å². The number of carbonyl (C=O) groups is 1. The zero-order chi connectivity index (χ0) is 19.2. The van der Waals surface area contributed by atoms with E-state index in [1.807, 2.05) is 13.0 Å². The average molecular weight is 377 g/mol. The molecule has 0 saturated heterocycles. The van der Waals surface area contributed by atoms with Gasteiger partial charge in [-0.25, -0.2) is 0 Å². The summed E-state index contributed by atoms with van der Waals surface area (Å²) in [5.74, 6) is 1.08. The Labute approximate surface area is 158 Å². The van der Waals surface area contributed by atoms with E-state index in [2.05, 4.69) is 32.9 Å². The first kappa shape index (κ1) is 19.3. The average Bonchev–Trinajstić information content (AvgIpc) is 3.26. The predicted molar refractivity (Wildman–Crippen MR) is 96.9 cm³/mol. The third-order valence-corrected chi connectivity index (χ3v) is 4.65. The first-order chi connectivity index (χ1) is 13.0. The molecule has 3 rings (SSSR count). The minimum Gasteiger partial charge on any atom is -0.408 e. The topological polar surface area (TPSA) is 115 Å². The van der Waals surface area contributed by atoms with E-state index < -0.39 is 0 Å². The largest absolute Gasteiger partial charge is 0.408 e. The van der Waals surface area contributed by atoms with Gasteiger partial charge in [0.05, 0.1) is 24.4 Å². The molecule has 1 aliphatic rings. The number of rotatable bonds is 8. The number of carbonyl (C=O) groups excluding carboxylic acids is 1. The van der Waals surface area contributed by atoms with Crippen molar-refractivity contribution < 1.29 is 18.5 Å². The third-order valence-electron chi connectivity index (χ3n) is 4.65. The second-order valence-electron chi connectivity index (χ2n) is 6.95. The first-order valence-electron chi connectivity index (χ1n) is 9.43. The lowest BCUT2D eigenvalue weighted by molar-refractivity contribution is -0.128. The van der Waals surface area contributed by atoms with Gasteiger partial charge in [0.15, 0.2) is 5.76 Å². The van der Waals surface area contributed by atoms with Crippen LogP contribution in [0.25, 0.3) is 0 Å². The van der Waals surface area contributed by atoms with Crippen molar-refractivity contribution in [2.24, 2.45) is 5.92 Å². The molecule has 0 aliphatic heterocycles. The van der Waals surface area contributed by atoms with Crippen molar-refractivity contribution in [2.45, 2.75) is 65.1 Å². The van der Waals surface area contributed by atoms with Crippen LogP contribution in [0.4, 0.5) is 6.01 Å². The SMILES string of the molecule is CCCO[C@H]1C[C@@H](C(=O)NCc2cc(C)no2)CC[C@@H]1Nc1nnc(C)o1. The van der Waals surface area contributed by atoms with Gasteiger partial charge in [-0.3, -0.25) is 4.79 Å². The molecule has 2 N–H and O–H groups in total. The number of hydrogen-bond acceptors (Lipinski definition) is 8. The van der Waals surface area contributed by atoms with E-state index in [-0.39, 0.29) is 24.0 Å².